The molecule has 0 radical (unpaired) electrons. The lowest BCUT2D eigenvalue weighted by molar-refractivity contribution is -0.109. The highest BCUT2D eigenvalue weighted by Gasteiger charge is 1.82. The van der Waals surface area contributed by atoms with Crippen LogP contribution in [0, 0.1) is 0 Å². The summed E-state index contributed by atoms with van der Waals surface area (Å²) >= 11 is 0. The summed E-state index contributed by atoms with van der Waals surface area (Å²) in [7, 11) is 0. The maximum absolute atomic E-state index is 9.73. The molecule has 1 amide bonds. The Morgan fingerprint density at radius 1 is 1.27 bits per heavy atom. The Labute approximate surface area is 63.9 Å². The van der Waals surface area contributed by atoms with Gasteiger partial charge in [0.05, 0.1) is 5.69 Å². The van der Waals surface area contributed by atoms with Gasteiger partial charge in [-0.05, 0) is 12.1 Å². The Balaban J connectivity index is 2.57. The van der Waals surface area contributed by atoms with Crippen LogP contribution in [0.1, 0.15) is 0 Å². The Bertz CT molecular complexity index is 245. The molecule has 11 heavy (non-hydrogen) atoms. The van der Waals surface area contributed by atoms with E-state index in [1.807, 2.05) is 18.2 Å². The fourth-order valence-electron chi connectivity index (χ4n) is 0.605. The summed E-state index contributed by atoms with van der Waals surface area (Å²) in [5.74, 6) is 0. The topological polar surface area (TPSA) is 53.8 Å². The molecule has 0 spiro atoms. The van der Waals surface area contributed by atoms with Crippen molar-refractivity contribution in [2.24, 2.45) is 10.3 Å². The molecule has 1 N–H and O–H groups in total. The van der Waals surface area contributed by atoms with Crippen molar-refractivity contribution in [3.05, 3.63) is 30.3 Å². The van der Waals surface area contributed by atoms with Crippen LogP contribution in [0.3, 0.4) is 0 Å². The minimum atomic E-state index is 0.465. The molecule has 0 aliphatic carbocycles. The number of nitrogens with one attached hydrogen (secondary N) is 1. The van der Waals surface area contributed by atoms with Crippen LogP contribution >= 0.6 is 0 Å². The number of carbonyl (C=O) groups excluding carboxylic acids is 1. The molecule has 0 heterocycles. The third-order valence-electron chi connectivity index (χ3n) is 1.03. The van der Waals surface area contributed by atoms with Gasteiger partial charge in [-0.25, -0.2) is 5.43 Å². The molecule has 0 bridgehead atoms. The predicted octanol–water partition coefficient (Wildman–Crippen LogP) is 1.43. The van der Waals surface area contributed by atoms with Gasteiger partial charge < -0.3 is 0 Å². The molecule has 0 aliphatic heterocycles. The van der Waals surface area contributed by atoms with Crippen molar-refractivity contribution in [2.75, 3.05) is 0 Å². The summed E-state index contributed by atoms with van der Waals surface area (Å²) in [4.78, 5) is 9.73. The van der Waals surface area contributed by atoms with Crippen LogP contribution in [0.5, 0.6) is 0 Å². The number of hydrogen-bond acceptors (Lipinski definition) is 3. The molecule has 1 aromatic carbocycles. The smallest absolute Gasteiger partial charge is 0.228 e. The van der Waals surface area contributed by atoms with Gasteiger partial charge in [0.1, 0.15) is 0 Å². The molecular formula is C7H7N3O. The molecule has 4 nitrogen and oxygen atoms in total. The molecule has 0 atom stereocenters. The average molecular weight is 149 g/mol. The second-order valence-corrected chi connectivity index (χ2v) is 1.78. The second kappa shape index (κ2) is 4.16. The monoisotopic (exact) mass is 149 g/mol. The van der Waals surface area contributed by atoms with Gasteiger partial charge in [-0.3, -0.25) is 4.79 Å². The van der Waals surface area contributed by atoms with Crippen LogP contribution in [-0.2, 0) is 4.79 Å². The number of nitrogens with zero attached hydrogens (tertiary/aromatic N) is 2. The molecule has 0 saturated heterocycles. The maximum Gasteiger partial charge on any atom is 0.228 e. The van der Waals surface area contributed by atoms with Crippen molar-refractivity contribution in [1.82, 2.24) is 5.43 Å². The van der Waals surface area contributed by atoms with Crippen molar-refractivity contribution in [1.29, 1.82) is 0 Å². The average Bonchev–Trinajstić information content (AvgIpc) is 2.07. The van der Waals surface area contributed by atoms with Gasteiger partial charge in [-0.15, -0.1) is 5.11 Å². The number of amides is 1. The highest BCUT2D eigenvalue weighted by atomic mass is 16.1. The highest BCUT2D eigenvalue weighted by Crippen LogP contribution is 2.08. The van der Waals surface area contributed by atoms with E-state index in [1.165, 1.54) is 0 Å². The van der Waals surface area contributed by atoms with Crippen molar-refractivity contribution in [3.63, 3.8) is 0 Å². The lowest BCUT2D eigenvalue weighted by Gasteiger charge is -1.87. The quantitative estimate of drug-likeness (QED) is 0.394. The summed E-state index contributed by atoms with van der Waals surface area (Å²) in [6.45, 7) is 0. The van der Waals surface area contributed by atoms with Gasteiger partial charge >= 0.3 is 0 Å². The van der Waals surface area contributed by atoms with Gasteiger partial charge in [0, 0.05) is 0 Å². The first kappa shape index (κ1) is 7.40. The third-order valence-corrected chi connectivity index (χ3v) is 1.03. The number of rotatable bonds is 3. The van der Waals surface area contributed by atoms with Crippen molar-refractivity contribution in [2.45, 2.75) is 0 Å². The fraction of sp³-hybridized carbons (Fsp3) is 0. The lowest BCUT2D eigenvalue weighted by atomic mass is 10.3. The highest BCUT2D eigenvalue weighted by molar-refractivity contribution is 5.45. The summed E-state index contributed by atoms with van der Waals surface area (Å²) in [5, 5.41) is 7.05. The maximum atomic E-state index is 9.73. The number of hydrogen-bond donors (Lipinski definition) is 1. The van der Waals surface area contributed by atoms with Gasteiger partial charge in [0.15, 0.2) is 0 Å². The zero-order valence-electron chi connectivity index (χ0n) is 5.77. The van der Waals surface area contributed by atoms with Gasteiger partial charge in [-0.2, -0.15) is 0 Å². The Morgan fingerprint density at radius 2 is 2.00 bits per heavy atom. The van der Waals surface area contributed by atoms with E-state index >= 15 is 0 Å². The SMILES string of the molecule is O=CNN=Nc1ccccc1. The molecule has 0 saturated carbocycles. The Kier molecular flexibility index (Phi) is 2.80. The zero-order valence-corrected chi connectivity index (χ0v) is 5.77. The first-order valence-corrected chi connectivity index (χ1v) is 3.08. The van der Waals surface area contributed by atoms with E-state index < -0.39 is 0 Å². The standard InChI is InChI=1S/C7H7N3O/c11-6-8-10-9-7-4-2-1-3-5-7/h1-6H,(H,8,9,11). The van der Waals surface area contributed by atoms with E-state index in [0.717, 1.165) is 0 Å². The minimum absolute atomic E-state index is 0.465. The van der Waals surface area contributed by atoms with Gasteiger partial charge in [-0.1, -0.05) is 23.4 Å². The van der Waals surface area contributed by atoms with Crippen LogP contribution in [0.15, 0.2) is 40.7 Å². The Hall–Kier alpha value is -1.71. The molecular weight excluding hydrogens is 142 g/mol. The van der Waals surface area contributed by atoms with Crippen LogP contribution in [0.25, 0.3) is 0 Å². The molecule has 0 fully saturated rings. The third kappa shape index (κ3) is 2.57. The van der Waals surface area contributed by atoms with Crippen LogP contribution in [0.2, 0.25) is 0 Å². The van der Waals surface area contributed by atoms with Crippen molar-refractivity contribution in [3.8, 4) is 0 Å². The van der Waals surface area contributed by atoms with E-state index in [0.29, 0.717) is 12.1 Å². The first-order chi connectivity index (χ1) is 5.43. The van der Waals surface area contributed by atoms with Crippen LogP contribution in [0.4, 0.5) is 5.69 Å². The first-order valence-electron chi connectivity index (χ1n) is 3.08. The lowest BCUT2D eigenvalue weighted by Crippen LogP contribution is -1.97. The Morgan fingerprint density at radius 3 is 2.64 bits per heavy atom. The second-order valence-electron chi connectivity index (χ2n) is 1.78. The summed E-state index contributed by atoms with van der Waals surface area (Å²) in [6, 6.07) is 9.14. The van der Waals surface area contributed by atoms with Crippen LogP contribution in [-0.4, -0.2) is 6.41 Å². The van der Waals surface area contributed by atoms with Crippen LogP contribution < -0.4 is 5.43 Å². The van der Waals surface area contributed by atoms with E-state index in [1.54, 1.807) is 12.1 Å². The molecule has 0 unspecified atom stereocenters. The van der Waals surface area contributed by atoms with Crippen molar-refractivity contribution >= 4 is 12.1 Å². The van der Waals surface area contributed by atoms with E-state index in [4.69, 9.17) is 0 Å². The molecule has 4 heteroatoms. The zero-order chi connectivity index (χ0) is 7.94. The van der Waals surface area contributed by atoms with Gasteiger partial charge in [0.2, 0.25) is 6.41 Å². The molecule has 1 aromatic rings. The van der Waals surface area contributed by atoms with E-state index in [2.05, 4.69) is 15.8 Å². The summed E-state index contributed by atoms with van der Waals surface area (Å²) in [5.41, 5.74) is 2.78. The molecule has 56 valence electrons. The van der Waals surface area contributed by atoms with Gasteiger partial charge in [0.25, 0.3) is 0 Å². The summed E-state index contributed by atoms with van der Waals surface area (Å²) in [6.07, 6.45) is 0.465. The van der Waals surface area contributed by atoms with Crippen molar-refractivity contribution < 1.29 is 4.79 Å². The summed E-state index contributed by atoms with van der Waals surface area (Å²) < 4.78 is 0. The molecule has 1 rings (SSSR count). The molecule has 0 aliphatic rings. The normalized spacial score (nSPS) is 9.82. The number of benzene rings is 1. The van der Waals surface area contributed by atoms with E-state index in [9.17, 15) is 4.79 Å². The predicted molar refractivity (Wildman–Crippen MR) is 40.2 cm³/mol. The molecule has 0 aromatic heterocycles. The number of carbonyl (C=O) groups is 1. The minimum Gasteiger partial charge on any atom is -0.277 e. The fourth-order valence-corrected chi connectivity index (χ4v) is 0.605. The van der Waals surface area contributed by atoms with E-state index in [-0.39, 0.29) is 0 Å². The largest absolute Gasteiger partial charge is 0.277 e.